The van der Waals surface area contributed by atoms with Crippen LogP contribution in [0.15, 0.2) is 83.2 Å². The van der Waals surface area contributed by atoms with Gasteiger partial charge in [-0.2, -0.15) is 0 Å². The van der Waals surface area contributed by atoms with Crippen molar-refractivity contribution >= 4 is 7.92 Å². The Bertz CT molecular complexity index is 660. The van der Waals surface area contributed by atoms with Gasteiger partial charge in [-0.1, -0.05) is 0 Å². The molecule has 0 radical (unpaired) electrons. The molecule has 2 aromatic carbocycles. The molecule has 0 aliphatic heterocycles. The molecule has 0 bridgehead atoms. The molecule has 0 aromatic heterocycles. The Morgan fingerprint density at radius 1 is 0.846 bits per heavy atom. The van der Waals surface area contributed by atoms with Crippen molar-refractivity contribution in [2.45, 2.75) is 10.5 Å². The molecule has 0 heterocycles. The summed E-state index contributed by atoms with van der Waals surface area (Å²) in [5.74, 6) is 0. The SMILES string of the molecule is CP(C)C[C]([V+3][C]1=CC=CC1)(c1ccccc1)c1ccccc1.[Cl-].[Cl-].[Cl-]. The van der Waals surface area contributed by atoms with Crippen molar-refractivity contribution in [2.75, 3.05) is 19.5 Å². The average Bonchev–Trinajstić information content (AvgIpc) is 3.08. The minimum atomic E-state index is 0. The van der Waals surface area contributed by atoms with Crippen LogP contribution in [0.25, 0.3) is 0 Å². The third-order valence-electron chi connectivity index (χ3n) is 4.13. The van der Waals surface area contributed by atoms with E-state index in [-0.39, 0.29) is 65.6 Å². The van der Waals surface area contributed by atoms with E-state index in [2.05, 4.69) is 92.2 Å². The van der Waals surface area contributed by atoms with Crippen molar-refractivity contribution in [1.29, 1.82) is 0 Å². The van der Waals surface area contributed by atoms with Crippen LogP contribution in [-0.2, 0) is 20.4 Å². The van der Waals surface area contributed by atoms with E-state index in [9.17, 15) is 0 Å². The first-order chi connectivity index (χ1) is 11.2. The zero-order chi connectivity index (χ0) is 16.1. The molecule has 138 valence electrons. The molecular weight excluding hydrogens is 441 g/mol. The van der Waals surface area contributed by atoms with Crippen LogP contribution in [0.1, 0.15) is 17.5 Å². The van der Waals surface area contributed by atoms with E-state index >= 15 is 0 Å². The summed E-state index contributed by atoms with van der Waals surface area (Å²) in [5.41, 5.74) is 2.99. The molecule has 1 aliphatic rings. The Morgan fingerprint density at radius 3 is 1.73 bits per heavy atom. The predicted molar refractivity (Wildman–Crippen MR) is 99.1 cm³/mol. The summed E-state index contributed by atoms with van der Waals surface area (Å²) in [5, 5.41) is 0. The standard InChI is InChI=1S/C16H18P.C5H5.3ClH.V/c1-17(2)13-16(14-9-5-3-6-10-14)15-11-7-4-8-12-15;1-2-4-5-3-1;;;;/h3-12H,13H2,1-2H3;1-3H,4H2;3*1H;/q;;;;;+3/p-3. The number of halogens is 3. The molecule has 0 spiro atoms. The number of benzene rings is 2. The normalized spacial score (nSPS) is 12.3. The molecule has 1 aliphatic carbocycles. The van der Waals surface area contributed by atoms with Crippen LogP contribution in [0.5, 0.6) is 0 Å². The largest absolute Gasteiger partial charge is 1.00 e. The van der Waals surface area contributed by atoms with Gasteiger partial charge >= 0.3 is 149 Å². The van der Waals surface area contributed by atoms with Crippen LogP contribution < -0.4 is 37.2 Å². The molecule has 5 heteroatoms. The van der Waals surface area contributed by atoms with Gasteiger partial charge < -0.3 is 37.2 Å². The van der Waals surface area contributed by atoms with E-state index in [1.54, 1.807) is 4.28 Å². The molecule has 0 amide bonds. The topological polar surface area (TPSA) is 0 Å². The number of rotatable bonds is 6. The fourth-order valence-electron chi connectivity index (χ4n) is 3.16. The van der Waals surface area contributed by atoms with E-state index in [0.29, 0.717) is 0 Å². The third kappa shape index (κ3) is 6.17. The number of hydrogen-bond donors (Lipinski definition) is 0. The summed E-state index contributed by atoms with van der Waals surface area (Å²) < 4.78 is 1.83. The first kappa shape index (κ1) is 25.8. The fourth-order valence-corrected chi connectivity index (χ4v) is 8.36. The number of allylic oxidation sites excluding steroid dienone is 4. The molecule has 0 saturated carbocycles. The molecule has 0 atom stereocenters. The van der Waals surface area contributed by atoms with Crippen molar-refractivity contribution in [1.82, 2.24) is 0 Å². The second-order valence-electron chi connectivity index (χ2n) is 6.23. The summed E-state index contributed by atoms with van der Waals surface area (Å²) in [4.78, 5) is 0. The van der Waals surface area contributed by atoms with E-state index in [4.69, 9.17) is 0 Å². The van der Waals surface area contributed by atoms with Gasteiger partial charge in [0.1, 0.15) is 0 Å². The van der Waals surface area contributed by atoms with Crippen molar-refractivity contribution in [2.24, 2.45) is 0 Å². The fraction of sp³-hybridized carbons (Fsp3) is 0.238. The summed E-state index contributed by atoms with van der Waals surface area (Å²) >= 11 is 0.0739. The summed E-state index contributed by atoms with van der Waals surface area (Å²) in [6, 6.07) is 22.4. The van der Waals surface area contributed by atoms with Crippen molar-refractivity contribution < 1.29 is 53.5 Å². The first-order valence-corrected chi connectivity index (χ1v) is 11.9. The second-order valence-corrected chi connectivity index (χ2v) is 11.1. The maximum absolute atomic E-state index is 2.42. The van der Waals surface area contributed by atoms with Gasteiger partial charge in [-0.15, -0.1) is 0 Å². The Morgan fingerprint density at radius 2 is 1.35 bits per heavy atom. The number of hydrogen-bond acceptors (Lipinski definition) is 0. The van der Waals surface area contributed by atoms with Crippen molar-refractivity contribution in [3.63, 3.8) is 0 Å². The Balaban J connectivity index is 0.00000208. The Kier molecular flexibility index (Phi) is 12.2. The van der Waals surface area contributed by atoms with Gasteiger partial charge in [-0.3, -0.25) is 0 Å². The predicted octanol–water partition coefficient (Wildman–Crippen LogP) is -3.39. The quantitative estimate of drug-likeness (QED) is 0.392. The summed E-state index contributed by atoms with van der Waals surface area (Å²) in [7, 11) is 0.0200. The molecular formula is C21H23Cl3PV. The Labute approximate surface area is 185 Å². The average molecular weight is 464 g/mol. The van der Waals surface area contributed by atoms with Gasteiger partial charge in [0.15, 0.2) is 0 Å². The molecule has 0 N–H and O–H groups in total. The summed E-state index contributed by atoms with van der Waals surface area (Å²) in [6.45, 7) is 4.83. The smallest absolute Gasteiger partial charge is 1.00 e. The Hall–Kier alpha value is -0.196. The molecule has 0 unspecified atom stereocenters. The van der Waals surface area contributed by atoms with E-state index in [1.807, 2.05) is 0 Å². The molecule has 2 aromatic rings. The van der Waals surface area contributed by atoms with Crippen LogP contribution in [-0.4, -0.2) is 19.5 Å². The van der Waals surface area contributed by atoms with Gasteiger partial charge in [-0.05, 0) is 0 Å². The maximum atomic E-state index is 2.42. The van der Waals surface area contributed by atoms with Crippen LogP contribution in [0.2, 0.25) is 0 Å². The van der Waals surface area contributed by atoms with Crippen LogP contribution in [0.3, 0.4) is 0 Å². The minimum Gasteiger partial charge on any atom is -1.00 e. The molecule has 0 saturated heterocycles. The monoisotopic (exact) mass is 462 g/mol. The van der Waals surface area contributed by atoms with Gasteiger partial charge in [0, 0.05) is 0 Å². The second kappa shape index (κ2) is 12.3. The zero-order valence-corrected chi connectivity index (χ0v) is 19.5. The van der Waals surface area contributed by atoms with Gasteiger partial charge in [0.2, 0.25) is 0 Å². The van der Waals surface area contributed by atoms with Crippen LogP contribution >= 0.6 is 7.92 Å². The van der Waals surface area contributed by atoms with Crippen molar-refractivity contribution in [3.8, 4) is 0 Å². The van der Waals surface area contributed by atoms with E-state index in [1.165, 1.54) is 17.3 Å². The molecule has 0 fully saturated rings. The van der Waals surface area contributed by atoms with E-state index in [0.717, 1.165) is 6.42 Å². The molecule has 26 heavy (non-hydrogen) atoms. The van der Waals surface area contributed by atoms with Gasteiger partial charge in [0.25, 0.3) is 0 Å². The minimum absolute atomic E-state index is 0. The first-order valence-electron chi connectivity index (χ1n) is 8.05. The van der Waals surface area contributed by atoms with Gasteiger partial charge in [0.05, 0.1) is 0 Å². The van der Waals surface area contributed by atoms with Crippen LogP contribution in [0, 0.1) is 0 Å². The third-order valence-corrected chi connectivity index (χ3v) is 8.26. The maximum Gasteiger partial charge on any atom is -1.00 e. The van der Waals surface area contributed by atoms with Gasteiger partial charge in [-0.25, -0.2) is 0 Å². The summed E-state index contributed by atoms with van der Waals surface area (Å²) in [6.07, 6.45) is 9.30. The molecule has 3 rings (SSSR count). The van der Waals surface area contributed by atoms with E-state index < -0.39 is 0 Å². The van der Waals surface area contributed by atoms with Crippen molar-refractivity contribution in [3.05, 3.63) is 94.3 Å². The molecule has 0 nitrogen and oxygen atoms in total. The zero-order valence-electron chi connectivity index (χ0n) is 14.9. The van der Waals surface area contributed by atoms with Crippen LogP contribution in [0.4, 0.5) is 0 Å².